The zero-order chi connectivity index (χ0) is 14.8. The van der Waals surface area contributed by atoms with Gasteiger partial charge in [-0.15, -0.1) is 0 Å². The summed E-state index contributed by atoms with van der Waals surface area (Å²) in [4.78, 5) is 14.1. The molecule has 0 radical (unpaired) electrons. The van der Waals surface area contributed by atoms with Crippen molar-refractivity contribution >= 4 is 11.7 Å². The molecule has 0 unspecified atom stereocenters. The normalized spacial score (nSPS) is 16.1. The molecule has 0 aliphatic carbocycles. The number of benzene rings is 1. The standard InChI is InChI=1S/C15H21FN2O2/c1-15(2,3)20-14(19)11-8-12(16)10-13(9-11)18-6-4-17-5-7-18/h8-10,17H,4-7H2,1-3H3. The minimum atomic E-state index is -0.585. The summed E-state index contributed by atoms with van der Waals surface area (Å²) in [7, 11) is 0. The van der Waals surface area contributed by atoms with Crippen molar-refractivity contribution in [2.75, 3.05) is 31.1 Å². The van der Waals surface area contributed by atoms with Gasteiger partial charge in [-0.3, -0.25) is 0 Å². The Morgan fingerprint density at radius 3 is 2.50 bits per heavy atom. The maximum absolute atomic E-state index is 13.7. The molecule has 1 aromatic carbocycles. The second-order valence-corrected chi connectivity index (χ2v) is 5.94. The van der Waals surface area contributed by atoms with Crippen LogP contribution < -0.4 is 10.2 Å². The van der Waals surface area contributed by atoms with Crippen molar-refractivity contribution < 1.29 is 13.9 Å². The van der Waals surface area contributed by atoms with Crippen LogP contribution in [0.4, 0.5) is 10.1 Å². The van der Waals surface area contributed by atoms with Gasteiger partial charge in [0.2, 0.25) is 0 Å². The Labute approximate surface area is 118 Å². The van der Waals surface area contributed by atoms with Gasteiger partial charge in [0, 0.05) is 31.9 Å². The van der Waals surface area contributed by atoms with Crippen molar-refractivity contribution in [3.05, 3.63) is 29.6 Å². The molecule has 1 heterocycles. The van der Waals surface area contributed by atoms with E-state index in [1.165, 1.54) is 12.1 Å². The van der Waals surface area contributed by atoms with Crippen LogP contribution in [0.5, 0.6) is 0 Å². The summed E-state index contributed by atoms with van der Waals surface area (Å²) in [6.45, 7) is 8.70. The molecule has 1 aliphatic heterocycles. The third kappa shape index (κ3) is 3.93. The summed E-state index contributed by atoms with van der Waals surface area (Å²) in [5.74, 6) is -0.907. The number of hydrogen-bond donors (Lipinski definition) is 1. The molecular weight excluding hydrogens is 259 g/mol. The second kappa shape index (κ2) is 5.79. The molecule has 1 aromatic rings. The van der Waals surface area contributed by atoms with E-state index < -0.39 is 17.4 Å². The Balaban J connectivity index is 2.21. The zero-order valence-corrected chi connectivity index (χ0v) is 12.2. The van der Waals surface area contributed by atoms with Gasteiger partial charge in [-0.05, 0) is 39.0 Å². The monoisotopic (exact) mass is 280 g/mol. The van der Waals surface area contributed by atoms with E-state index in [0.29, 0.717) is 0 Å². The molecule has 0 bridgehead atoms. The first-order valence-corrected chi connectivity index (χ1v) is 6.85. The summed E-state index contributed by atoms with van der Waals surface area (Å²) < 4.78 is 19.0. The van der Waals surface area contributed by atoms with Gasteiger partial charge >= 0.3 is 5.97 Å². The first kappa shape index (κ1) is 14.8. The lowest BCUT2D eigenvalue weighted by atomic mass is 10.1. The Morgan fingerprint density at radius 1 is 1.25 bits per heavy atom. The van der Waals surface area contributed by atoms with Crippen molar-refractivity contribution in [1.29, 1.82) is 0 Å². The number of esters is 1. The maximum atomic E-state index is 13.7. The molecule has 4 nitrogen and oxygen atoms in total. The lowest BCUT2D eigenvalue weighted by molar-refractivity contribution is 0.00690. The van der Waals surface area contributed by atoms with Crippen LogP contribution in [-0.4, -0.2) is 37.7 Å². The van der Waals surface area contributed by atoms with Crippen molar-refractivity contribution in [1.82, 2.24) is 5.32 Å². The molecule has 0 amide bonds. The van der Waals surface area contributed by atoms with Gasteiger partial charge in [0.25, 0.3) is 0 Å². The molecular formula is C15H21FN2O2. The van der Waals surface area contributed by atoms with Gasteiger partial charge in [-0.25, -0.2) is 9.18 Å². The van der Waals surface area contributed by atoms with Gasteiger partial charge in [0.05, 0.1) is 5.56 Å². The van der Waals surface area contributed by atoms with E-state index in [0.717, 1.165) is 31.9 Å². The number of ether oxygens (including phenoxy) is 1. The minimum absolute atomic E-state index is 0.258. The highest BCUT2D eigenvalue weighted by Gasteiger charge is 2.20. The highest BCUT2D eigenvalue weighted by atomic mass is 19.1. The lowest BCUT2D eigenvalue weighted by Gasteiger charge is -2.29. The Kier molecular flexibility index (Phi) is 4.28. The van der Waals surface area contributed by atoms with Gasteiger partial charge in [-0.1, -0.05) is 0 Å². The first-order chi connectivity index (χ1) is 9.35. The van der Waals surface area contributed by atoms with E-state index in [-0.39, 0.29) is 5.56 Å². The smallest absolute Gasteiger partial charge is 0.338 e. The second-order valence-electron chi connectivity index (χ2n) is 5.94. The number of halogens is 1. The summed E-state index contributed by atoms with van der Waals surface area (Å²) in [5, 5.41) is 3.24. The molecule has 0 spiro atoms. The van der Waals surface area contributed by atoms with Crippen LogP contribution in [0.1, 0.15) is 31.1 Å². The molecule has 20 heavy (non-hydrogen) atoms. The molecule has 1 fully saturated rings. The quantitative estimate of drug-likeness (QED) is 0.843. The third-order valence-electron chi connectivity index (χ3n) is 3.00. The van der Waals surface area contributed by atoms with Crippen molar-refractivity contribution in [3.63, 3.8) is 0 Å². The number of piperazine rings is 1. The van der Waals surface area contributed by atoms with Gasteiger partial charge in [0.1, 0.15) is 11.4 Å². The van der Waals surface area contributed by atoms with Crippen LogP contribution in [0.3, 0.4) is 0 Å². The number of nitrogens with zero attached hydrogens (tertiary/aromatic N) is 1. The fourth-order valence-corrected chi connectivity index (χ4v) is 2.13. The van der Waals surface area contributed by atoms with Crippen LogP contribution in [0.25, 0.3) is 0 Å². The molecule has 1 N–H and O–H groups in total. The third-order valence-corrected chi connectivity index (χ3v) is 3.00. The minimum Gasteiger partial charge on any atom is -0.456 e. The van der Waals surface area contributed by atoms with Crippen LogP contribution in [0.15, 0.2) is 18.2 Å². The number of rotatable bonds is 2. The van der Waals surface area contributed by atoms with Crippen molar-refractivity contribution in [2.24, 2.45) is 0 Å². The number of carbonyl (C=O) groups is 1. The summed E-state index contributed by atoms with van der Waals surface area (Å²) >= 11 is 0. The molecule has 0 aromatic heterocycles. The number of carbonyl (C=O) groups excluding carboxylic acids is 1. The topological polar surface area (TPSA) is 41.6 Å². The van der Waals surface area contributed by atoms with Crippen LogP contribution in [0, 0.1) is 5.82 Å². The average molecular weight is 280 g/mol. The molecule has 0 atom stereocenters. The molecule has 1 aliphatic rings. The number of anilines is 1. The van der Waals surface area contributed by atoms with Gasteiger partial charge in [0.15, 0.2) is 0 Å². The zero-order valence-electron chi connectivity index (χ0n) is 12.2. The van der Waals surface area contributed by atoms with E-state index in [4.69, 9.17) is 4.74 Å². The Hall–Kier alpha value is -1.62. The first-order valence-electron chi connectivity index (χ1n) is 6.85. The highest BCUT2D eigenvalue weighted by molar-refractivity contribution is 5.91. The highest BCUT2D eigenvalue weighted by Crippen LogP contribution is 2.21. The fraction of sp³-hybridized carbons (Fsp3) is 0.533. The van der Waals surface area contributed by atoms with E-state index >= 15 is 0 Å². The van der Waals surface area contributed by atoms with Crippen LogP contribution in [0.2, 0.25) is 0 Å². The van der Waals surface area contributed by atoms with E-state index in [1.54, 1.807) is 26.8 Å². The number of hydrogen-bond acceptors (Lipinski definition) is 4. The van der Waals surface area contributed by atoms with Gasteiger partial charge < -0.3 is 15.0 Å². The van der Waals surface area contributed by atoms with E-state index in [9.17, 15) is 9.18 Å². The predicted octanol–water partition coefficient (Wildman–Crippen LogP) is 2.19. The average Bonchev–Trinajstić information content (AvgIpc) is 2.37. The Bertz CT molecular complexity index is 491. The maximum Gasteiger partial charge on any atom is 0.338 e. The molecule has 5 heteroatoms. The Morgan fingerprint density at radius 2 is 1.90 bits per heavy atom. The SMILES string of the molecule is CC(C)(C)OC(=O)c1cc(F)cc(N2CCNCC2)c1. The van der Waals surface area contributed by atoms with Crippen molar-refractivity contribution in [3.8, 4) is 0 Å². The largest absolute Gasteiger partial charge is 0.456 e. The van der Waals surface area contributed by atoms with Gasteiger partial charge in [-0.2, -0.15) is 0 Å². The van der Waals surface area contributed by atoms with Crippen LogP contribution >= 0.6 is 0 Å². The predicted molar refractivity (Wildman–Crippen MR) is 76.7 cm³/mol. The molecule has 0 saturated carbocycles. The van der Waals surface area contributed by atoms with Crippen molar-refractivity contribution in [2.45, 2.75) is 26.4 Å². The van der Waals surface area contributed by atoms with Crippen LogP contribution in [-0.2, 0) is 4.74 Å². The summed E-state index contributed by atoms with van der Waals surface area (Å²) in [6, 6.07) is 4.38. The fourth-order valence-electron chi connectivity index (χ4n) is 2.13. The molecule has 2 rings (SSSR count). The molecule has 1 saturated heterocycles. The lowest BCUT2D eigenvalue weighted by Crippen LogP contribution is -2.43. The summed E-state index contributed by atoms with van der Waals surface area (Å²) in [5.41, 5.74) is 0.402. The summed E-state index contributed by atoms with van der Waals surface area (Å²) in [6.07, 6.45) is 0. The number of nitrogens with one attached hydrogen (secondary N) is 1. The molecule has 110 valence electrons. The van der Waals surface area contributed by atoms with E-state index in [1.807, 2.05) is 0 Å². The van der Waals surface area contributed by atoms with E-state index in [2.05, 4.69) is 10.2 Å².